The SMILES string of the molecule is Brc1ccc(CC(Br)c2cc(Br)cc3c2OCC3)cc1. The van der Waals surface area contributed by atoms with Gasteiger partial charge in [-0.15, -0.1) is 0 Å². The van der Waals surface area contributed by atoms with Crippen molar-refractivity contribution < 1.29 is 4.74 Å². The summed E-state index contributed by atoms with van der Waals surface area (Å²) in [5, 5.41) is 0. The highest BCUT2D eigenvalue weighted by Gasteiger charge is 2.22. The van der Waals surface area contributed by atoms with Gasteiger partial charge in [-0.2, -0.15) is 0 Å². The maximum atomic E-state index is 5.80. The molecule has 1 aliphatic rings. The predicted molar refractivity (Wildman–Crippen MR) is 92.9 cm³/mol. The van der Waals surface area contributed by atoms with Crippen molar-refractivity contribution in [3.63, 3.8) is 0 Å². The summed E-state index contributed by atoms with van der Waals surface area (Å²) in [6, 6.07) is 12.8. The van der Waals surface area contributed by atoms with Crippen molar-refractivity contribution in [2.45, 2.75) is 17.7 Å². The molecule has 4 heteroatoms. The van der Waals surface area contributed by atoms with E-state index >= 15 is 0 Å². The van der Waals surface area contributed by atoms with Gasteiger partial charge in [-0.25, -0.2) is 0 Å². The topological polar surface area (TPSA) is 9.23 Å². The fraction of sp³-hybridized carbons (Fsp3) is 0.250. The first-order chi connectivity index (χ1) is 9.63. The van der Waals surface area contributed by atoms with Crippen LogP contribution in [0.5, 0.6) is 5.75 Å². The summed E-state index contributed by atoms with van der Waals surface area (Å²) in [5.74, 6) is 1.06. The lowest BCUT2D eigenvalue weighted by molar-refractivity contribution is 0.353. The molecule has 1 unspecified atom stereocenters. The van der Waals surface area contributed by atoms with Crippen LogP contribution in [0.3, 0.4) is 0 Å². The van der Waals surface area contributed by atoms with E-state index in [4.69, 9.17) is 4.74 Å². The Morgan fingerprint density at radius 3 is 2.55 bits per heavy atom. The minimum atomic E-state index is 0.257. The molecule has 0 aliphatic carbocycles. The van der Waals surface area contributed by atoms with E-state index < -0.39 is 0 Å². The summed E-state index contributed by atoms with van der Waals surface area (Å²) >= 11 is 10.9. The summed E-state index contributed by atoms with van der Waals surface area (Å²) in [7, 11) is 0. The second-order valence-electron chi connectivity index (χ2n) is 4.88. The van der Waals surface area contributed by atoms with Gasteiger partial charge in [0.25, 0.3) is 0 Å². The number of hydrogen-bond donors (Lipinski definition) is 0. The molecule has 3 rings (SSSR count). The molecule has 0 N–H and O–H groups in total. The van der Waals surface area contributed by atoms with Gasteiger partial charge < -0.3 is 4.74 Å². The van der Waals surface area contributed by atoms with Crippen LogP contribution in [0.2, 0.25) is 0 Å². The maximum absolute atomic E-state index is 5.80. The number of benzene rings is 2. The maximum Gasteiger partial charge on any atom is 0.127 e. The monoisotopic (exact) mass is 458 g/mol. The molecule has 0 amide bonds. The van der Waals surface area contributed by atoms with Crippen molar-refractivity contribution >= 4 is 47.8 Å². The highest BCUT2D eigenvalue weighted by atomic mass is 79.9. The zero-order chi connectivity index (χ0) is 14.1. The third-order valence-electron chi connectivity index (χ3n) is 3.44. The lowest BCUT2D eigenvalue weighted by atomic mass is 10.0. The second-order valence-corrected chi connectivity index (χ2v) is 7.82. The highest BCUT2D eigenvalue weighted by molar-refractivity contribution is 9.10. The average Bonchev–Trinajstić information content (AvgIpc) is 2.88. The van der Waals surface area contributed by atoms with Crippen molar-refractivity contribution in [2.24, 2.45) is 0 Å². The van der Waals surface area contributed by atoms with Crippen molar-refractivity contribution in [3.8, 4) is 5.75 Å². The van der Waals surface area contributed by atoms with Crippen molar-refractivity contribution in [1.82, 2.24) is 0 Å². The molecule has 0 aromatic heterocycles. The van der Waals surface area contributed by atoms with Crippen molar-refractivity contribution in [3.05, 3.63) is 62.0 Å². The van der Waals surface area contributed by atoms with Crippen LogP contribution in [0, 0.1) is 0 Å². The van der Waals surface area contributed by atoms with Crippen LogP contribution in [-0.4, -0.2) is 6.61 Å². The summed E-state index contributed by atoms with van der Waals surface area (Å²) < 4.78 is 8.04. The van der Waals surface area contributed by atoms with Gasteiger partial charge in [-0.3, -0.25) is 0 Å². The van der Waals surface area contributed by atoms with Crippen LogP contribution < -0.4 is 4.74 Å². The fourth-order valence-corrected chi connectivity index (χ4v) is 3.97. The van der Waals surface area contributed by atoms with Gasteiger partial charge in [0.2, 0.25) is 0 Å². The molecular formula is C16H13Br3O. The number of halogens is 3. The molecule has 2 aromatic carbocycles. The van der Waals surface area contributed by atoms with E-state index in [-0.39, 0.29) is 4.83 Å². The number of rotatable bonds is 3. The normalized spacial score (nSPS) is 14.8. The quantitative estimate of drug-likeness (QED) is 0.524. The predicted octanol–water partition coefficient (Wildman–Crippen LogP) is 5.83. The van der Waals surface area contributed by atoms with Crippen LogP contribution in [-0.2, 0) is 12.8 Å². The highest BCUT2D eigenvalue weighted by Crippen LogP contribution is 2.40. The molecule has 0 spiro atoms. The first-order valence-corrected chi connectivity index (χ1v) is 8.97. The van der Waals surface area contributed by atoms with Crippen LogP contribution in [0.4, 0.5) is 0 Å². The minimum absolute atomic E-state index is 0.257. The largest absolute Gasteiger partial charge is 0.493 e. The fourth-order valence-electron chi connectivity index (χ4n) is 2.47. The Balaban J connectivity index is 1.87. The zero-order valence-electron chi connectivity index (χ0n) is 10.7. The zero-order valence-corrected chi connectivity index (χ0v) is 15.5. The Kier molecular flexibility index (Phi) is 4.53. The molecule has 0 radical (unpaired) electrons. The first-order valence-electron chi connectivity index (χ1n) is 6.47. The van der Waals surface area contributed by atoms with E-state index in [1.165, 1.54) is 16.7 Å². The van der Waals surface area contributed by atoms with Crippen molar-refractivity contribution in [1.29, 1.82) is 0 Å². The van der Waals surface area contributed by atoms with Crippen LogP contribution in [0.25, 0.3) is 0 Å². The van der Waals surface area contributed by atoms with Gasteiger partial charge in [-0.1, -0.05) is 59.9 Å². The third-order valence-corrected chi connectivity index (χ3v) is 5.25. The van der Waals surface area contributed by atoms with Gasteiger partial charge in [0.15, 0.2) is 0 Å². The second kappa shape index (κ2) is 6.20. The van der Waals surface area contributed by atoms with E-state index in [0.29, 0.717) is 0 Å². The Hall–Kier alpha value is -0.320. The molecule has 0 saturated heterocycles. The van der Waals surface area contributed by atoms with E-state index in [1.54, 1.807) is 0 Å². The molecule has 0 bridgehead atoms. The van der Waals surface area contributed by atoms with Gasteiger partial charge in [0, 0.05) is 25.8 Å². The van der Waals surface area contributed by atoms with Crippen molar-refractivity contribution in [2.75, 3.05) is 6.61 Å². The van der Waals surface area contributed by atoms with Gasteiger partial charge >= 0.3 is 0 Å². The summed E-state index contributed by atoms with van der Waals surface area (Å²) in [5.41, 5.74) is 3.84. The van der Waals surface area contributed by atoms with Crippen LogP contribution in [0.15, 0.2) is 45.3 Å². The standard InChI is InChI=1S/C16H13Br3O/c17-12-3-1-10(2-4-12)7-15(19)14-9-13(18)8-11-5-6-20-16(11)14/h1-4,8-9,15H,5-7H2. The van der Waals surface area contributed by atoms with Gasteiger partial charge in [0.05, 0.1) is 6.61 Å². The van der Waals surface area contributed by atoms with E-state index in [9.17, 15) is 0 Å². The molecule has 2 aromatic rings. The molecular weight excluding hydrogens is 448 g/mol. The van der Waals surface area contributed by atoms with Crippen LogP contribution in [0.1, 0.15) is 21.5 Å². The first kappa shape index (κ1) is 14.6. The van der Waals surface area contributed by atoms with Crippen LogP contribution >= 0.6 is 47.8 Å². The lowest BCUT2D eigenvalue weighted by Gasteiger charge is -2.15. The third kappa shape index (κ3) is 3.12. The minimum Gasteiger partial charge on any atom is -0.493 e. The lowest BCUT2D eigenvalue weighted by Crippen LogP contribution is -1.99. The number of fused-ring (bicyclic) bond motifs is 1. The molecule has 1 heterocycles. The van der Waals surface area contributed by atoms with E-state index in [0.717, 1.165) is 34.1 Å². The molecule has 1 nitrogen and oxygen atoms in total. The molecule has 104 valence electrons. The molecule has 20 heavy (non-hydrogen) atoms. The Morgan fingerprint density at radius 2 is 1.80 bits per heavy atom. The summed E-state index contributed by atoms with van der Waals surface area (Å²) in [6.07, 6.45) is 1.94. The Labute approximate surface area is 144 Å². The summed E-state index contributed by atoms with van der Waals surface area (Å²) in [6.45, 7) is 0.788. The number of alkyl halides is 1. The van der Waals surface area contributed by atoms with E-state index in [2.05, 4.69) is 84.2 Å². The number of hydrogen-bond acceptors (Lipinski definition) is 1. The molecule has 0 fully saturated rings. The average molecular weight is 461 g/mol. The van der Waals surface area contributed by atoms with Gasteiger partial charge in [0.1, 0.15) is 5.75 Å². The van der Waals surface area contributed by atoms with Gasteiger partial charge in [-0.05, 0) is 41.8 Å². The number of ether oxygens (including phenoxy) is 1. The van der Waals surface area contributed by atoms with E-state index in [1.807, 2.05) is 0 Å². The Bertz CT molecular complexity index is 622. The smallest absolute Gasteiger partial charge is 0.127 e. The Morgan fingerprint density at radius 1 is 1.05 bits per heavy atom. The summed E-state index contributed by atoms with van der Waals surface area (Å²) in [4.78, 5) is 0.257. The molecule has 0 saturated carbocycles. The molecule has 1 atom stereocenters. The molecule has 1 aliphatic heterocycles.